The maximum Gasteiger partial charge on any atom is 0.246 e. The van der Waals surface area contributed by atoms with Crippen LogP contribution in [0.1, 0.15) is 65.0 Å². The number of benzene rings is 2. The van der Waals surface area contributed by atoms with Gasteiger partial charge in [0.1, 0.15) is 17.9 Å². The van der Waals surface area contributed by atoms with E-state index in [1.165, 1.54) is 11.0 Å². The minimum absolute atomic E-state index is 0.0206. The summed E-state index contributed by atoms with van der Waals surface area (Å²) in [5.41, 5.74) is 1.45. The van der Waals surface area contributed by atoms with Crippen LogP contribution in [0.3, 0.4) is 0 Å². The number of aliphatic hydroxyl groups is 1. The van der Waals surface area contributed by atoms with Gasteiger partial charge in [0.15, 0.2) is 0 Å². The second-order valence-electron chi connectivity index (χ2n) is 12.0. The zero-order valence-corrected chi connectivity index (χ0v) is 23.7. The lowest BCUT2D eigenvalue weighted by Gasteiger charge is -2.36. The van der Waals surface area contributed by atoms with Crippen LogP contribution in [-0.2, 0) is 14.4 Å². The molecule has 2 fully saturated rings. The molecule has 0 aliphatic carbocycles. The van der Waals surface area contributed by atoms with E-state index in [0.29, 0.717) is 12.0 Å². The number of hydrogen-bond acceptors (Lipinski definition) is 5. The van der Waals surface area contributed by atoms with Crippen molar-refractivity contribution in [1.82, 2.24) is 20.9 Å². The van der Waals surface area contributed by atoms with E-state index in [4.69, 9.17) is 0 Å². The molecular formula is C31H41FN4O4. The molecule has 8 nitrogen and oxygen atoms in total. The Bertz CT molecular complexity index is 1210. The van der Waals surface area contributed by atoms with Gasteiger partial charge < -0.3 is 26.0 Å². The Labute approximate surface area is 235 Å². The van der Waals surface area contributed by atoms with Gasteiger partial charge in [0.25, 0.3) is 0 Å². The minimum atomic E-state index is -0.864. The van der Waals surface area contributed by atoms with Gasteiger partial charge in [-0.25, -0.2) is 4.39 Å². The van der Waals surface area contributed by atoms with Crippen LogP contribution < -0.4 is 16.0 Å². The Kier molecular flexibility index (Phi) is 9.26. The summed E-state index contributed by atoms with van der Waals surface area (Å²) in [6.45, 7) is 8.24. The van der Waals surface area contributed by atoms with Crippen molar-refractivity contribution in [3.8, 4) is 11.1 Å². The van der Waals surface area contributed by atoms with Gasteiger partial charge in [-0.15, -0.1) is 0 Å². The van der Waals surface area contributed by atoms with Gasteiger partial charge in [-0.2, -0.15) is 0 Å². The van der Waals surface area contributed by atoms with Crippen molar-refractivity contribution >= 4 is 17.7 Å². The monoisotopic (exact) mass is 552 g/mol. The minimum Gasteiger partial charge on any atom is -0.391 e. The van der Waals surface area contributed by atoms with Crippen LogP contribution >= 0.6 is 0 Å². The number of carbonyl (C=O) groups is 3. The van der Waals surface area contributed by atoms with E-state index in [2.05, 4.69) is 16.0 Å². The molecule has 40 heavy (non-hydrogen) atoms. The van der Waals surface area contributed by atoms with Gasteiger partial charge in [-0.05, 0) is 48.9 Å². The first kappa shape index (κ1) is 29.7. The summed E-state index contributed by atoms with van der Waals surface area (Å²) in [5.74, 6) is -1.28. The molecule has 9 heteroatoms. The van der Waals surface area contributed by atoms with Crippen molar-refractivity contribution in [2.24, 2.45) is 5.41 Å². The fourth-order valence-corrected chi connectivity index (χ4v) is 5.48. The smallest absolute Gasteiger partial charge is 0.246 e. The molecule has 2 aromatic carbocycles. The molecule has 2 heterocycles. The first-order valence-corrected chi connectivity index (χ1v) is 14.1. The number of rotatable bonds is 7. The van der Waals surface area contributed by atoms with Crippen LogP contribution in [0.4, 0.5) is 4.39 Å². The Morgan fingerprint density at radius 2 is 1.73 bits per heavy atom. The molecule has 0 unspecified atom stereocenters. The van der Waals surface area contributed by atoms with Gasteiger partial charge in [-0.1, -0.05) is 69.7 Å². The molecule has 216 valence electrons. The van der Waals surface area contributed by atoms with Crippen LogP contribution in [-0.4, -0.2) is 65.0 Å². The maximum atomic E-state index is 14.2. The van der Waals surface area contributed by atoms with Gasteiger partial charge >= 0.3 is 0 Å². The summed E-state index contributed by atoms with van der Waals surface area (Å²) in [6.07, 6.45) is 1.95. The summed E-state index contributed by atoms with van der Waals surface area (Å²) in [4.78, 5) is 41.6. The zero-order chi connectivity index (χ0) is 29.0. The SMILES string of the molecule is C[C@H](NC(=O)[C@@H]1C[C@@H](O)CN1C(=O)[C@@H](NC(=O)[C@H]1CCCCN1)C(C)(C)C)c1ccc(-c2ccccc2F)cc1. The van der Waals surface area contributed by atoms with E-state index in [0.717, 1.165) is 30.5 Å². The van der Waals surface area contributed by atoms with Crippen molar-refractivity contribution in [2.75, 3.05) is 13.1 Å². The molecule has 0 spiro atoms. The number of aliphatic hydroxyl groups excluding tert-OH is 1. The summed E-state index contributed by atoms with van der Waals surface area (Å²) in [6, 6.07) is 11.4. The summed E-state index contributed by atoms with van der Waals surface area (Å²) < 4.78 is 14.2. The number of halogens is 1. The van der Waals surface area contributed by atoms with Gasteiger partial charge in [0.2, 0.25) is 17.7 Å². The summed E-state index contributed by atoms with van der Waals surface area (Å²) in [5, 5.41) is 19.6. The summed E-state index contributed by atoms with van der Waals surface area (Å²) in [7, 11) is 0. The number of likely N-dealkylation sites (tertiary alicyclic amines) is 1. The molecule has 2 saturated heterocycles. The Hall–Kier alpha value is -3.30. The third kappa shape index (κ3) is 6.88. The Morgan fingerprint density at radius 3 is 2.35 bits per heavy atom. The number of amides is 3. The molecular weight excluding hydrogens is 511 g/mol. The van der Waals surface area contributed by atoms with Gasteiger partial charge in [0, 0.05) is 18.5 Å². The predicted molar refractivity (Wildman–Crippen MR) is 152 cm³/mol. The zero-order valence-electron chi connectivity index (χ0n) is 23.7. The van der Waals surface area contributed by atoms with Gasteiger partial charge in [0.05, 0.1) is 18.2 Å². The van der Waals surface area contributed by atoms with E-state index in [-0.39, 0.29) is 48.6 Å². The Morgan fingerprint density at radius 1 is 1.02 bits per heavy atom. The fourth-order valence-electron chi connectivity index (χ4n) is 5.48. The molecule has 0 saturated carbocycles. The third-order valence-corrected chi connectivity index (χ3v) is 7.85. The van der Waals surface area contributed by atoms with Crippen LogP contribution in [0, 0.1) is 11.2 Å². The molecule has 2 aromatic rings. The number of carbonyl (C=O) groups excluding carboxylic acids is 3. The van der Waals surface area contributed by atoms with Gasteiger partial charge in [-0.3, -0.25) is 14.4 Å². The molecule has 4 rings (SSSR count). The largest absolute Gasteiger partial charge is 0.391 e. The second-order valence-corrected chi connectivity index (χ2v) is 12.0. The lowest BCUT2D eigenvalue weighted by atomic mass is 9.85. The molecule has 2 aliphatic rings. The highest BCUT2D eigenvalue weighted by molar-refractivity contribution is 5.94. The molecule has 0 radical (unpaired) electrons. The van der Waals surface area contributed by atoms with E-state index < -0.39 is 23.6 Å². The second kappa shape index (κ2) is 12.5. The quantitative estimate of drug-likeness (QED) is 0.421. The van der Waals surface area contributed by atoms with Crippen molar-refractivity contribution < 1.29 is 23.9 Å². The average Bonchev–Trinajstić information content (AvgIpc) is 3.33. The van der Waals surface area contributed by atoms with Crippen LogP contribution in [0.2, 0.25) is 0 Å². The van der Waals surface area contributed by atoms with E-state index in [9.17, 15) is 23.9 Å². The molecule has 4 N–H and O–H groups in total. The number of β-amino-alcohol motifs (C(OH)–C–C–N with tert-alkyl or cyclic N) is 1. The number of nitrogens with one attached hydrogen (secondary N) is 3. The van der Waals surface area contributed by atoms with Crippen LogP contribution in [0.5, 0.6) is 0 Å². The number of piperidine rings is 1. The first-order valence-electron chi connectivity index (χ1n) is 14.1. The Balaban J connectivity index is 1.45. The van der Waals surface area contributed by atoms with E-state index in [1.54, 1.807) is 18.2 Å². The van der Waals surface area contributed by atoms with E-state index in [1.807, 2.05) is 52.0 Å². The molecule has 2 aliphatic heterocycles. The normalized spacial score (nSPS) is 22.9. The molecule has 5 atom stereocenters. The fraction of sp³-hybridized carbons (Fsp3) is 0.516. The molecule has 0 aromatic heterocycles. The lowest BCUT2D eigenvalue weighted by Crippen LogP contribution is -2.60. The van der Waals surface area contributed by atoms with Crippen molar-refractivity contribution in [1.29, 1.82) is 0 Å². The number of nitrogens with zero attached hydrogens (tertiary/aromatic N) is 1. The molecule has 0 bridgehead atoms. The highest BCUT2D eigenvalue weighted by Crippen LogP contribution is 2.28. The molecule has 3 amide bonds. The highest BCUT2D eigenvalue weighted by Gasteiger charge is 2.45. The predicted octanol–water partition coefficient (Wildman–Crippen LogP) is 3.30. The topological polar surface area (TPSA) is 111 Å². The standard InChI is InChI=1S/C31H41FN4O4/c1-19(20-12-14-21(15-13-20)23-9-5-6-10-24(23)32)34-29(39)26-17-22(37)18-36(26)30(40)27(31(2,3)4)35-28(38)25-11-7-8-16-33-25/h5-6,9-10,12-15,19,22,25-27,33,37H,7-8,11,16-18H2,1-4H3,(H,34,39)(H,35,38)/t19-,22+,25+,26-,27+/m0/s1. The van der Waals surface area contributed by atoms with Crippen molar-refractivity contribution in [3.63, 3.8) is 0 Å². The highest BCUT2D eigenvalue weighted by atomic mass is 19.1. The maximum absolute atomic E-state index is 14.2. The van der Waals surface area contributed by atoms with Crippen molar-refractivity contribution in [3.05, 3.63) is 59.9 Å². The van der Waals surface area contributed by atoms with Crippen LogP contribution in [0.25, 0.3) is 11.1 Å². The lowest BCUT2D eigenvalue weighted by molar-refractivity contribution is -0.144. The van der Waals surface area contributed by atoms with E-state index >= 15 is 0 Å². The number of hydrogen-bond donors (Lipinski definition) is 4. The average molecular weight is 553 g/mol. The van der Waals surface area contributed by atoms with Crippen LogP contribution in [0.15, 0.2) is 48.5 Å². The van der Waals surface area contributed by atoms with Crippen molar-refractivity contribution in [2.45, 2.75) is 83.6 Å². The first-order chi connectivity index (χ1) is 19.0. The summed E-state index contributed by atoms with van der Waals surface area (Å²) >= 11 is 0. The third-order valence-electron chi connectivity index (χ3n) is 7.85.